The molecule has 0 aliphatic carbocycles. The van der Waals surface area contributed by atoms with Gasteiger partial charge in [-0.15, -0.1) is 0 Å². The first-order chi connectivity index (χ1) is 14.7. The van der Waals surface area contributed by atoms with Crippen molar-refractivity contribution in [3.8, 4) is 11.8 Å². The number of cyclic esters (lactones) is 1. The molecular weight excluding hydrogens is 378 g/mol. The number of aromatic nitrogens is 1. The van der Waals surface area contributed by atoms with Crippen molar-refractivity contribution in [3.05, 3.63) is 89.7 Å². The van der Waals surface area contributed by atoms with Gasteiger partial charge in [0, 0.05) is 35.2 Å². The fourth-order valence-electron chi connectivity index (χ4n) is 3.03. The van der Waals surface area contributed by atoms with Crippen LogP contribution in [0.4, 0.5) is 16.2 Å². The summed E-state index contributed by atoms with van der Waals surface area (Å²) in [6.45, 7) is 1.05. The first-order valence-electron chi connectivity index (χ1n) is 9.58. The minimum absolute atomic E-state index is 0.238. The van der Waals surface area contributed by atoms with E-state index in [4.69, 9.17) is 4.74 Å². The molecule has 1 aliphatic rings. The second-order valence-corrected chi connectivity index (χ2v) is 6.67. The average molecular weight is 397 g/mol. The summed E-state index contributed by atoms with van der Waals surface area (Å²) >= 11 is 0. The van der Waals surface area contributed by atoms with Crippen LogP contribution in [0.3, 0.4) is 0 Å². The summed E-state index contributed by atoms with van der Waals surface area (Å²) in [4.78, 5) is 30.2. The summed E-state index contributed by atoms with van der Waals surface area (Å²) in [7, 11) is 0. The minimum atomic E-state index is -0.359. The molecule has 4 rings (SSSR count). The van der Waals surface area contributed by atoms with Gasteiger partial charge in [-0.1, -0.05) is 18.1 Å². The van der Waals surface area contributed by atoms with Crippen LogP contribution in [0, 0.1) is 11.8 Å². The lowest BCUT2D eigenvalue weighted by Gasteiger charge is -2.26. The number of anilines is 2. The largest absolute Gasteiger partial charge is 0.449 e. The Morgan fingerprint density at radius 1 is 1.03 bits per heavy atom. The molecule has 0 radical (unpaired) electrons. The molecule has 6 nitrogen and oxygen atoms in total. The molecule has 0 bridgehead atoms. The van der Waals surface area contributed by atoms with E-state index in [0.29, 0.717) is 35.8 Å². The van der Waals surface area contributed by atoms with Crippen LogP contribution in [0.15, 0.2) is 72.9 Å². The van der Waals surface area contributed by atoms with Gasteiger partial charge in [0.15, 0.2) is 0 Å². The molecule has 0 saturated carbocycles. The number of hydrogen-bond donors (Lipinski definition) is 1. The zero-order valence-electron chi connectivity index (χ0n) is 16.2. The molecule has 2 amide bonds. The Morgan fingerprint density at radius 2 is 1.90 bits per heavy atom. The predicted octanol–water partition coefficient (Wildman–Crippen LogP) is 4.08. The summed E-state index contributed by atoms with van der Waals surface area (Å²) in [5, 5.41) is 2.88. The van der Waals surface area contributed by atoms with Gasteiger partial charge in [-0.05, 0) is 66.9 Å². The average Bonchev–Trinajstić information content (AvgIpc) is 2.79. The Balaban J connectivity index is 1.44. The van der Waals surface area contributed by atoms with Crippen molar-refractivity contribution in [1.29, 1.82) is 0 Å². The number of pyridine rings is 1. The number of hydrogen-bond acceptors (Lipinski definition) is 4. The zero-order chi connectivity index (χ0) is 20.8. The monoisotopic (exact) mass is 397 g/mol. The maximum Gasteiger partial charge on any atom is 0.414 e. The van der Waals surface area contributed by atoms with Crippen LogP contribution >= 0.6 is 0 Å². The van der Waals surface area contributed by atoms with Gasteiger partial charge < -0.3 is 10.1 Å². The number of carbonyl (C=O) groups excluding carboxylic acids is 2. The van der Waals surface area contributed by atoms with E-state index in [-0.39, 0.29) is 12.0 Å². The number of nitrogens with one attached hydrogen (secondary N) is 1. The lowest BCUT2D eigenvalue weighted by molar-refractivity contribution is 0.102. The standard InChI is InChI=1S/C24H19N3O3/c28-23(19-9-12-22(13-10-19)27-15-4-16-30-24(27)29)26-21-7-3-5-18(17-21)8-11-20-6-1-2-14-25-20/h1-3,5-7,9-10,12-14,17H,4,15-16H2,(H,26,28). The van der Waals surface area contributed by atoms with Crippen molar-refractivity contribution in [2.24, 2.45) is 0 Å². The van der Waals surface area contributed by atoms with E-state index in [2.05, 4.69) is 22.1 Å². The Morgan fingerprint density at radius 3 is 2.67 bits per heavy atom. The Labute approximate surface area is 174 Å². The van der Waals surface area contributed by atoms with Crippen LogP contribution in [0.1, 0.15) is 28.0 Å². The highest BCUT2D eigenvalue weighted by atomic mass is 16.6. The molecule has 1 N–H and O–H groups in total. The molecule has 1 fully saturated rings. The molecule has 30 heavy (non-hydrogen) atoms. The molecule has 3 aromatic rings. The van der Waals surface area contributed by atoms with Gasteiger partial charge in [0.2, 0.25) is 0 Å². The highest BCUT2D eigenvalue weighted by Gasteiger charge is 2.21. The number of rotatable bonds is 3. The Bertz CT molecular complexity index is 1120. The summed E-state index contributed by atoms with van der Waals surface area (Å²) in [5.74, 6) is 5.81. The molecule has 0 spiro atoms. The molecule has 6 heteroatoms. The van der Waals surface area contributed by atoms with Gasteiger partial charge in [-0.2, -0.15) is 0 Å². The van der Waals surface area contributed by atoms with Crippen LogP contribution in [0.5, 0.6) is 0 Å². The van der Waals surface area contributed by atoms with Crippen molar-refractivity contribution in [3.63, 3.8) is 0 Å². The number of ether oxygens (including phenoxy) is 1. The quantitative estimate of drug-likeness (QED) is 0.676. The molecule has 1 aliphatic heterocycles. The van der Waals surface area contributed by atoms with Crippen molar-refractivity contribution < 1.29 is 14.3 Å². The number of amides is 2. The highest BCUT2D eigenvalue weighted by molar-refractivity contribution is 6.04. The number of benzene rings is 2. The van der Waals surface area contributed by atoms with Gasteiger partial charge in [0.1, 0.15) is 5.69 Å². The van der Waals surface area contributed by atoms with Crippen molar-refractivity contribution in [2.75, 3.05) is 23.4 Å². The lowest BCUT2D eigenvalue weighted by Crippen LogP contribution is -2.37. The summed E-state index contributed by atoms with van der Waals surface area (Å²) in [6.07, 6.45) is 2.12. The zero-order valence-corrected chi connectivity index (χ0v) is 16.2. The van der Waals surface area contributed by atoms with E-state index in [1.807, 2.05) is 42.5 Å². The Kier molecular flexibility index (Phi) is 5.72. The number of nitrogens with zero attached hydrogens (tertiary/aromatic N) is 2. The normalized spacial score (nSPS) is 13.1. The summed E-state index contributed by atoms with van der Waals surface area (Å²) < 4.78 is 5.05. The smallest absolute Gasteiger partial charge is 0.414 e. The molecular formula is C24H19N3O3. The maximum atomic E-state index is 12.6. The van der Waals surface area contributed by atoms with Crippen LogP contribution in [-0.4, -0.2) is 30.1 Å². The van der Waals surface area contributed by atoms with Gasteiger partial charge in [-0.25, -0.2) is 9.78 Å². The third-order valence-corrected chi connectivity index (χ3v) is 4.53. The fourth-order valence-corrected chi connectivity index (χ4v) is 3.03. The third kappa shape index (κ3) is 4.65. The van der Waals surface area contributed by atoms with Crippen LogP contribution in [0.25, 0.3) is 0 Å². The first kappa shape index (κ1) is 19.2. The van der Waals surface area contributed by atoms with Crippen LogP contribution in [-0.2, 0) is 4.74 Å². The van der Waals surface area contributed by atoms with Gasteiger partial charge in [-0.3, -0.25) is 9.69 Å². The van der Waals surface area contributed by atoms with Crippen molar-refractivity contribution in [1.82, 2.24) is 4.98 Å². The van der Waals surface area contributed by atoms with E-state index < -0.39 is 0 Å². The molecule has 148 valence electrons. The second-order valence-electron chi connectivity index (χ2n) is 6.67. The van der Waals surface area contributed by atoms with E-state index in [9.17, 15) is 9.59 Å². The summed E-state index contributed by atoms with van der Waals surface area (Å²) in [5.41, 5.74) is 3.32. The van der Waals surface area contributed by atoms with Gasteiger partial charge >= 0.3 is 6.09 Å². The highest BCUT2D eigenvalue weighted by Crippen LogP contribution is 2.20. The summed E-state index contributed by atoms with van der Waals surface area (Å²) in [6, 6.07) is 19.8. The molecule has 2 heterocycles. The lowest BCUT2D eigenvalue weighted by atomic mass is 10.1. The minimum Gasteiger partial charge on any atom is -0.449 e. The van der Waals surface area contributed by atoms with E-state index in [0.717, 1.165) is 12.0 Å². The van der Waals surface area contributed by atoms with E-state index in [1.54, 1.807) is 35.4 Å². The third-order valence-electron chi connectivity index (χ3n) is 4.53. The molecule has 2 aromatic carbocycles. The van der Waals surface area contributed by atoms with Crippen LogP contribution < -0.4 is 10.2 Å². The fraction of sp³-hybridized carbons (Fsp3) is 0.125. The Hall–Kier alpha value is -4.11. The number of carbonyl (C=O) groups is 2. The second kappa shape index (κ2) is 8.93. The first-order valence-corrected chi connectivity index (χ1v) is 9.58. The van der Waals surface area contributed by atoms with Crippen LogP contribution in [0.2, 0.25) is 0 Å². The van der Waals surface area contributed by atoms with Gasteiger partial charge in [0.25, 0.3) is 5.91 Å². The van der Waals surface area contributed by atoms with Crippen molar-refractivity contribution >= 4 is 23.4 Å². The maximum absolute atomic E-state index is 12.6. The topological polar surface area (TPSA) is 71.5 Å². The van der Waals surface area contributed by atoms with Crippen molar-refractivity contribution in [2.45, 2.75) is 6.42 Å². The van der Waals surface area contributed by atoms with E-state index >= 15 is 0 Å². The molecule has 0 unspecified atom stereocenters. The predicted molar refractivity (Wildman–Crippen MR) is 114 cm³/mol. The van der Waals surface area contributed by atoms with E-state index in [1.165, 1.54) is 0 Å². The SMILES string of the molecule is O=C(Nc1cccc(C#Cc2ccccn2)c1)c1ccc(N2CCCOC2=O)cc1. The molecule has 1 aromatic heterocycles. The molecule has 0 atom stereocenters. The van der Waals surface area contributed by atoms with Gasteiger partial charge in [0.05, 0.1) is 6.61 Å². The molecule has 1 saturated heterocycles.